The van der Waals surface area contributed by atoms with Crippen molar-refractivity contribution in [2.24, 2.45) is 10.7 Å². The van der Waals surface area contributed by atoms with Gasteiger partial charge in [-0.3, -0.25) is 4.99 Å². The molecule has 0 aliphatic carbocycles. The molecule has 0 unspecified atom stereocenters. The van der Waals surface area contributed by atoms with Gasteiger partial charge in [0.05, 0.1) is 14.2 Å². The van der Waals surface area contributed by atoms with Crippen LogP contribution in [0.3, 0.4) is 0 Å². The van der Waals surface area contributed by atoms with Gasteiger partial charge in [-0.25, -0.2) is 0 Å². The summed E-state index contributed by atoms with van der Waals surface area (Å²) in [5.74, 6) is 2.01. The van der Waals surface area contributed by atoms with Crippen LogP contribution in [0.25, 0.3) is 0 Å². The van der Waals surface area contributed by atoms with Crippen LogP contribution in [-0.4, -0.2) is 33.3 Å². The van der Waals surface area contributed by atoms with E-state index in [1.165, 1.54) is 18.4 Å². The first-order valence-corrected chi connectivity index (χ1v) is 7.46. The second-order valence-corrected chi connectivity index (χ2v) is 4.84. The van der Waals surface area contributed by atoms with E-state index in [0.717, 1.165) is 37.4 Å². The number of unbranched alkanes of at least 4 members (excludes halogenated alkanes) is 2. The van der Waals surface area contributed by atoms with Gasteiger partial charge in [-0.05, 0) is 30.5 Å². The van der Waals surface area contributed by atoms with Gasteiger partial charge in [-0.1, -0.05) is 25.8 Å². The predicted octanol–water partition coefficient (Wildman–Crippen LogP) is 2.34. The molecule has 21 heavy (non-hydrogen) atoms. The number of nitrogens with two attached hydrogens (primary N) is 1. The third-order valence-electron chi connectivity index (χ3n) is 3.21. The van der Waals surface area contributed by atoms with Crippen molar-refractivity contribution in [3.05, 3.63) is 23.8 Å². The average Bonchev–Trinajstić information content (AvgIpc) is 2.51. The van der Waals surface area contributed by atoms with Gasteiger partial charge in [0.2, 0.25) is 0 Å². The maximum atomic E-state index is 5.82. The lowest BCUT2D eigenvalue weighted by Crippen LogP contribution is -2.33. The van der Waals surface area contributed by atoms with Crippen LogP contribution in [0.5, 0.6) is 11.5 Å². The molecule has 5 nitrogen and oxygen atoms in total. The molecule has 5 heteroatoms. The van der Waals surface area contributed by atoms with Crippen LogP contribution in [-0.2, 0) is 6.42 Å². The summed E-state index contributed by atoms with van der Waals surface area (Å²) in [4.78, 5) is 4.29. The fraction of sp³-hybridized carbons (Fsp3) is 0.562. The van der Waals surface area contributed by atoms with Crippen LogP contribution >= 0.6 is 0 Å². The summed E-state index contributed by atoms with van der Waals surface area (Å²) in [5.41, 5.74) is 6.98. The minimum absolute atomic E-state index is 0.520. The molecule has 0 bridgehead atoms. The topological polar surface area (TPSA) is 68.9 Å². The van der Waals surface area contributed by atoms with E-state index < -0.39 is 0 Å². The zero-order chi connectivity index (χ0) is 15.5. The van der Waals surface area contributed by atoms with Crippen molar-refractivity contribution < 1.29 is 9.47 Å². The van der Waals surface area contributed by atoms with Gasteiger partial charge in [0.15, 0.2) is 17.5 Å². The van der Waals surface area contributed by atoms with Crippen molar-refractivity contribution >= 4 is 5.96 Å². The molecule has 0 saturated carbocycles. The Balaban J connectivity index is 2.38. The van der Waals surface area contributed by atoms with Gasteiger partial charge >= 0.3 is 0 Å². The van der Waals surface area contributed by atoms with Crippen molar-refractivity contribution in [2.75, 3.05) is 27.3 Å². The monoisotopic (exact) mass is 293 g/mol. The molecule has 3 N–H and O–H groups in total. The molecule has 1 aromatic rings. The van der Waals surface area contributed by atoms with E-state index in [9.17, 15) is 0 Å². The van der Waals surface area contributed by atoms with Crippen LogP contribution in [0.4, 0.5) is 0 Å². The normalized spacial score (nSPS) is 11.3. The average molecular weight is 293 g/mol. The van der Waals surface area contributed by atoms with Gasteiger partial charge in [0.25, 0.3) is 0 Å². The molecule has 0 aliphatic rings. The highest BCUT2D eigenvalue weighted by atomic mass is 16.5. The molecule has 0 radical (unpaired) electrons. The molecule has 1 rings (SSSR count). The number of guanidine groups is 1. The van der Waals surface area contributed by atoms with Crippen molar-refractivity contribution in [3.63, 3.8) is 0 Å². The van der Waals surface area contributed by atoms with E-state index in [0.29, 0.717) is 5.96 Å². The summed E-state index contributed by atoms with van der Waals surface area (Å²) >= 11 is 0. The molecule has 0 saturated heterocycles. The second-order valence-electron chi connectivity index (χ2n) is 4.84. The lowest BCUT2D eigenvalue weighted by atomic mass is 10.1. The molecular formula is C16H27N3O2. The van der Waals surface area contributed by atoms with E-state index in [1.54, 1.807) is 14.2 Å². The highest BCUT2D eigenvalue weighted by Crippen LogP contribution is 2.27. The Hall–Kier alpha value is -1.91. The summed E-state index contributed by atoms with van der Waals surface area (Å²) in [5, 5.41) is 3.13. The van der Waals surface area contributed by atoms with Crippen LogP contribution < -0.4 is 20.5 Å². The first-order chi connectivity index (χ1) is 10.2. The van der Waals surface area contributed by atoms with E-state index >= 15 is 0 Å². The number of hydrogen-bond acceptors (Lipinski definition) is 3. The smallest absolute Gasteiger partial charge is 0.188 e. The number of nitrogens with zero attached hydrogens (tertiary/aromatic N) is 1. The Morgan fingerprint density at radius 2 is 1.95 bits per heavy atom. The molecule has 0 aromatic heterocycles. The molecule has 118 valence electrons. The zero-order valence-corrected chi connectivity index (χ0v) is 13.3. The number of aliphatic imine (C=N–C) groups is 1. The Bertz CT molecular complexity index is 447. The van der Waals surface area contributed by atoms with Gasteiger partial charge in [0, 0.05) is 13.1 Å². The van der Waals surface area contributed by atoms with E-state index in [2.05, 4.69) is 17.2 Å². The third kappa shape index (κ3) is 6.38. The van der Waals surface area contributed by atoms with Crippen LogP contribution in [0.2, 0.25) is 0 Å². The minimum Gasteiger partial charge on any atom is -0.493 e. The Morgan fingerprint density at radius 1 is 1.19 bits per heavy atom. The minimum atomic E-state index is 0.520. The van der Waals surface area contributed by atoms with Crippen molar-refractivity contribution in [3.8, 4) is 11.5 Å². The largest absolute Gasteiger partial charge is 0.493 e. The quantitative estimate of drug-likeness (QED) is 0.416. The standard InChI is InChI=1S/C16H27N3O2/c1-4-5-6-10-18-16(17)19-11-9-13-7-8-14(20-2)15(12-13)21-3/h7-8,12H,4-6,9-11H2,1-3H3,(H3,17,18,19). The van der Waals surface area contributed by atoms with E-state index in [4.69, 9.17) is 15.2 Å². The summed E-state index contributed by atoms with van der Waals surface area (Å²) in [6.07, 6.45) is 4.34. The third-order valence-corrected chi connectivity index (χ3v) is 3.21. The molecule has 0 fully saturated rings. The van der Waals surface area contributed by atoms with Crippen LogP contribution in [0.1, 0.15) is 31.7 Å². The lowest BCUT2D eigenvalue weighted by Gasteiger charge is -2.10. The van der Waals surface area contributed by atoms with Gasteiger partial charge in [-0.2, -0.15) is 0 Å². The van der Waals surface area contributed by atoms with Gasteiger partial charge in [-0.15, -0.1) is 0 Å². The number of benzene rings is 1. The maximum Gasteiger partial charge on any atom is 0.188 e. The van der Waals surface area contributed by atoms with Crippen LogP contribution in [0, 0.1) is 0 Å². The number of ether oxygens (including phenoxy) is 2. The summed E-state index contributed by atoms with van der Waals surface area (Å²) in [7, 11) is 3.27. The van der Waals surface area contributed by atoms with Crippen molar-refractivity contribution in [2.45, 2.75) is 32.6 Å². The number of nitrogens with one attached hydrogen (secondary N) is 1. The van der Waals surface area contributed by atoms with Crippen molar-refractivity contribution in [1.29, 1.82) is 0 Å². The molecule has 0 amide bonds. The highest BCUT2D eigenvalue weighted by Gasteiger charge is 2.04. The van der Waals surface area contributed by atoms with E-state index in [1.807, 2.05) is 18.2 Å². The molecular weight excluding hydrogens is 266 g/mol. The summed E-state index contributed by atoms with van der Waals surface area (Å²) in [6, 6.07) is 5.92. The first-order valence-electron chi connectivity index (χ1n) is 7.46. The summed E-state index contributed by atoms with van der Waals surface area (Å²) < 4.78 is 10.5. The summed E-state index contributed by atoms with van der Waals surface area (Å²) in [6.45, 7) is 3.72. The van der Waals surface area contributed by atoms with Gasteiger partial charge in [0.1, 0.15) is 0 Å². The molecule has 0 aliphatic heterocycles. The fourth-order valence-corrected chi connectivity index (χ4v) is 1.99. The molecule has 0 spiro atoms. The van der Waals surface area contributed by atoms with E-state index in [-0.39, 0.29) is 0 Å². The predicted molar refractivity (Wildman–Crippen MR) is 87.3 cm³/mol. The molecule has 1 aromatic carbocycles. The SMILES string of the molecule is CCCCCN=C(N)NCCc1ccc(OC)c(OC)c1. The zero-order valence-electron chi connectivity index (χ0n) is 13.3. The molecule has 0 atom stereocenters. The maximum absolute atomic E-state index is 5.82. The van der Waals surface area contributed by atoms with Crippen molar-refractivity contribution in [1.82, 2.24) is 5.32 Å². The Kier molecular flexibility index (Phi) is 8.09. The first kappa shape index (κ1) is 17.1. The Labute approximate surface area is 127 Å². The van der Waals surface area contributed by atoms with Gasteiger partial charge < -0.3 is 20.5 Å². The number of hydrogen-bond donors (Lipinski definition) is 2. The number of rotatable bonds is 9. The van der Waals surface area contributed by atoms with Crippen LogP contribution in [0.15, 0.2) is 23.2 Å². The fourth-order valence-electron chi connectivity index (χ4n) is 1.99. The Morgan fingerprint density at radius 3 is 2.62 bits per heavy atom. The number of methoxy groups -OCH3 is 2. The lowest BCUT2D eigenvalue weighted by molar-refractivity contribution is 0.354. The second kappa shape index (κ2) is 9.91. The molecule has 0 heterocycles. The highest BCUT2D eigenvalue weighted by molar-refractivity contribution is 5.77.